The molecule has 2 saturated heterocycles. The quantitative estimate of drug-likeness (QED) is 0.281. The van der Waals surface area contributed by atoms with Gasteiger partial charge < -0.3 is 34.3 Å². The molecule has 2 aliphatic heterocycles. The minimum atomic E-state index is -4.24. The Morgan fingerprint density at radius 1 is 1.15 bits per heavy atom. The number of aromatic amines is 1. The first-order valence-corrected chi connectivity index (χ1v) is 14.6. The first-order valence-electron chi connectivity index (χ1n) is 12.0. The van der Waals surface area contributed by atoms with Crippen molar-refractivity contribution in [2.75, 3.05) is 25.7 Å². The molecule has 4 N–H and O–H groups in total. The highest BCUT2D eigenvalue weighted by molar-refractivity contribution is 8.07. The van der Waals surface area contributed by atoms with Crippen LogP contribution in [0.25, 0.3) is 22.2 Å². The zero-order chi connectivity index (χ0) is 28.0. The second-order valence-electron chi connectivity index (χ2n) is 9.04. The number of rotatable bonds is 2. The van der Waals surface area contributed by atoms with Gasteiger partial charge in [-0.05, 0) is 24.3 Å². The maximum Gasteiger partial charge on any atom is 0.327 e. The molecule has 2 aliphatic rings. The van der Waals surface area contributed by atoms with Crippen molar-refractivity contribution in [2.45, 2.75) is 37.5 Å². The standard InChI is InChI=1S/C21H23F2N8O7PS/c22-13-10-2-4-34-9-35-21(30-7-28-14-11(30)1-3-25-19(14)32)16(23)38-39(33,40)36-5-12(10)37-20(13)31-8-29-15-17(24)26-6-27-18(15)31/h1,3,6-8,10,12-13,16,20-21H,2,4-5,9H2,(H,25,32)(H,33,40)(H2,24,26,27)/t10-,12-,13+,16+,20-,21-,39?/m1/s1. The Bertz CT molecular complexity index is 1640. The molecule has 0 aliphatic carbocycles. The van der Waals surface area contributed by atoms with Crippen LogP contribution in [-0.4, -0.2) is 77.6 Å². The zero-order valence-corrected chi connectivity index (χ0v) is 22.2. The number of anilines is 1. The Balaban J connectivity index is 1.24. The van der Waals surface area contributed by atoms with Crippen LogP contribution in [0.1, 0.15) is 18.9 Å². The number of H-pyrrole nitrogens is 1. The Labute approximate surface area is 228 Å². The summed E-state index contributed by atoms with van der Waals surface area (Å²) in [6.45, 7) is -5.06. The Morgan fingerprint density at radius 3 is 2.80 bits per heavy atom. The number of halogens is 2. The van der Waals surface area contributed by atoms with E-state index in [4.69, 9.17) is 40.8 Å². The lowest BCUT2D eigenvalue weighted by Crippen LogP contribution is -2.27. The topological polar surface area (TPSA) is 187 Å². The first kappa shape index (κ1) is 27.2. The number of hydrogen-bond donors (Lipinski definition) is 3. The van der Waals surface area contributed by atoms with Gasteiger partial charge in [0.25, 0.3) is 11.9 Å². The third-order valence-corrected chi connectivity index (χ3v) is 8.21. The molecule has 0 spiro atoms. The van der Waals surface area contributed by atoms with E-state index in [0.717, 1.165) is 0 Å². The van der Waals surface area contributed by atoms with Crippen molar-refractivity contribution in [1.29, 1.82) is 0 Å². The third-order valence-electron chi connectivity index (χ3n) is 6.69. The van der Waals surface area contributed by atoms with E-state index in [1.54, 1.807) is 0 Å². The molecule has 6 rings (SSSR count). The third kappa shape index (κ3) is 5.01. The summed E-state index contributed by atoms with van der Waals surface area (Å²) in [4.78, 5) is 41.3. The minimum absolute atomic E-state index is 0.0135. The summed E-state index contributed by atoms with van der Waals surface area (Å²) in [7, 11) is 0. The van der Waals surface area contributed by atoms with Crippen molar-refractivity contribution in [3.63, 3.8) is 0 Å². The van der Waals surface area contributed by atoms with Crippen molar-refractivity contribution in [3.05, 3.63) is 41.6 Å². The van der Waals surface area contributed by atoms with Crippen molar-refractivity contribution in [2.24, 2.45) is 5.92 Å². The number of aromatic nitrogens is 7. The molecule has 6 heterocycles. The van der Waals surface area contributed by atoms with E-state index in [0.29, 0.717) is 0 Å². The monoisotopic (exact) mass is 600 g/mol. The Morgan fingerprint density at radius 2 is 1.95 bits per heavy atom. The van der Waals surface area contributed by atoms with E-state index in [9.17, 15) is 9.69 Å². The smallest absolute Gasteiger partial charge is 0.327 e. The molecule has 4 aromatic heterocycles. The van der Waals surface area contributed by atoms with E-state index in [-0.39, 0.29) is 41.0 Å². The van der Waals surface area contributed by atoms with Crippen molar-refractivity contribution in [1.82, 2.24) is 34.1 Å². The molecule has 4 aromatic rings. The van der Waals surface area contributed by atoms with Gasteiger partial charge in [-0.25, -0.2) is 28.7 Å². The van der Waals surface area contributed by atoms with Crippen LogP contribution in [-0.2, 0) is 35.1 Å². The van der Waals surface area contributed by atoms with Gasteiger partial charge in [0.15, 0.2) is 35.6 Å². The SMILES string of the molecule is Nc1ncnc2c1ncn2[C@@H]1O[C@@H]2COP(O)(=S)O[C@H](F)[C@H](n3cnc4c(=O)[nH]ccc43)OCOCC[C@H]2[C@@H]1F. The average molecular weight is 601 g/mol. The van der Waals surface area contributed by atoms with E-state index >= 15 is 8.78 Å². The summed E-state index contributed by atoms with van der Waals surface area (Å²) in [5, 5.41) is 0. The zero-order valence-electron chi connectivity index (χ0n) is 20.4. The molecule has 40 heavy (non-hydrogen) atoms. The molecule has 0 amide bonds. The van der Waals surface area contributed by atoms with Crippen molar-refractivity contribution < 1.29 is 36.9 Å². The predicted octanol–water partition coefficient (Wildman–Crippen LogP) is 1.44. The van der Waals surface area contributed by atoms with E-state index in [1.807, 2.05) is 0 Å². The number of fused-ring (bicyclic) bond motifs is 3. The van der Waals surface area contributed by atoms with Crippen LogP contribution in [0, 0.1) is 5.92 Å². The van der Waals surface area contributed by atoms with Gasteiger partial charge in [-0.15, -0.1) is 0 Å². The Kier molecular flexibility index (Phi) is 7.34. The number of imidazole rings is 2. The molecule has 2 fully saturated rings. The van der Waals surface area contributed by atoms with Gasteiger partial charge in [0, 0.05) is 18.7 Å². The molecule has 0 bridgehead atoms. The summed E-state index contributed by atoms with van der Waals surface area (Å²) >= 11 is 5.03. The lowest BCUT2D eigenvalue weighted by molar-refractivity contribution is -0.179. The fourth-order valence-electron chi connectivity index (χ4n) is 4.79. The van der Waals surface area contributed by atoms with Gasteiger partial charge in [0.2, 0.25) is 0 Å². The molecule has 214 valence electrons. The van der Waals surface area contributed by atoms with Crippen molar-refractivity contribution in [3.8, 4) is 0 Å². The summed E-state index contributed by atoms with van der Waals surface area (Å²) in [5.41, 5.74) is 6.19. The number of ether oxygens (including phenoxy) is 3. The number of nitrogens with zero attached hydrogens (tertiary/aromatic N) is 6. The van der Waals surface area contributed by atoms with Crippen LogP contribution in [0.4, 0.5) is 14.6 Å². The van der Waals surface area contributed by atoms with Gasteiger partial charge in [0.05, 0.1) is 30.9 Å². The Hall–Kier alpha value is -2.96. The van der Waals surface area contributed by atoms with Crippen LogP contribution in [0.5, 0.6) is 0 Å². The van der Waals surface area contributed by atoms with E-state index in [2.05, 4.69) is 24.9 Å². The van der Waals surface area contributed by atoms with Gasteiger partial charge in [-0.1, -0.05) is 0 Å². The number of nitrogen functional groups attached to an aromatic ring is 1. The van der Waals surface area contributed by atoms with Crippen LogP contribution >= 0.6 is 6.72 Å². The fourth-order valence-corrected chi connectivity index (χ4v) is 5.97. The maximum atomic E-state index is 15.8. The highest BCUT2D eigenvalue weighted by atomic mass is 32.5. The molecule has 7 atom stereocenters. The highest BCUT2D eigenvalue weighted by Gasteiger charge is 2.47. The molecule has 19 heteroatoms. The van der Waals surface area contributed by atoms with Crippen LogP contribution < -0.4 is 11.3 Å². The molecule has 0 radical (unpaired) electrons. The molecule has 0 saturated carbocycles. The number of hydrogen-bond acceptors (Lipinski definition) is 12. The number of nitrogens with one attached hydrogen (secondary N) is 1. The van der Waals surface area contributed by atoms with E-state index < -0.39 is 62.7 Å². The summed E-state index contributed by atoms with van der Waals surface area (Å²) < 4.78 is 61.4. The fraction of sp³-hybridized carbons (Fsp3) is 0.476. The van der Waals surface area contributed by atoms with Crippen molar-refractivity contribution >= 4 is 46.5 Å². The molecule has 1 unspecified atom stereocenters. The lowest BCUT2D eigenvalue weighted by Gasteiger charge is -2.26. The van der Waals surface area contributed by atoms with Gasteiger partial charge in [-0.2, -0.15) is 0 Å². The van der Waals surface area contributed by atoms with Crippen LogP contribution in [0.2, 0.25) is 0 Å². The first-order chi connectivity index (χ1) is 19.2. The summed E-state index contributed by atoms with van der Waals surface area (Å²) in [6, 6.07) is 1.49. The molecule has 15 nitrogen and oxygen atoms in total. The molecular formula is C21H23F2N8O7PS. The number of pyridine rings is 1. The number of nitrogens with two attached hydrogens (primary N) is 1. The predicted molar refractivity (Wildman–Crippen MR) is 136 cm³/mol. The minimum Gasteiger partial charge on any atom is -0.382 e. The lowest BCUT2D eigenvalue weighted by atomic mass is 9.96. The summed E-state index contributed by atoms with van der Waals surface area (Å²) in [6.07, 6.45) is -2.29. The molecule has 0 aromatic carbocycles. The van der Waals surface area contributed by atoms with Gasteiger partial charge in [0.1, 0.15) is 18.6 Å². The summed E-state index contributed by atoms with van der Waals surface area (Å²) in [5.74, 6) is -0.650. The van der Waals surface area contributed by atoms with Gasteiger partial charge in [-0.3, -0.25) is 18.5 Å². The van der Waals surface area contributed by atoms with Crippen LogP contribution in [0.3, 0.4) is 0 Å². The maximum absolute atomic E-state index is 15.8. The highest BCUT2D eigenvalue weighted by Crippen LogP contribution is 2.49. The number of alkyl halides is 2. The van der Waals surface area contributed by atoms with E-state index in [1.165, 1.54) is 40.4 Å². The largest absolute Gasteiger partial charge is 0.382 e. The van der Waals surface area contributed by atoms with Gasteiger partial charge >= 0.3 is 6.72 Å². The second-order valence-corrected chi connectivity index (χ2v) is 11.8. The van der Waals surface area contributed by atoms with Crippen LogP contribution in [0.15, 0.2) is 36.0 Å². The second kappa shape index (κ2) is 10.8. The normalized spacial score (nSPS) is 32.4. The molecular weight excluding hydrogens is 577 g/mol. The average Bonchev–Trinajstić information content (AvgIpc) is 3.61.